The average molecular weight is 247 g/mol. The number of ether oxygens (including phenoxy) is 1. The lowest BCUT2D eigenvalue weighted by Gasteiger charge is -2.05. The Hall–Kier alpha value is -1.81. The molecule has 0 saturated carbocycles. The second-order valence-corrected chi connectivity index (χ2v) is 4.65. The van der Waals surface area contributed by atoms with Crippen molar-refractivity contribution in [3.8, 4) is 11.5 Å². The third-order valence-electron chi connectivity index (χ3n) is 2.29. The van der Waals surface area contributed by atoms with E-state index in [0.717, 1.165) is 15.5 Å². The highest BCUT2D eigenvalue weighted by atomic mass is 32.2. The molecule has 3 N–H and O–H groups in total. The van der Waals surface area contributed by atoms with Gasteiger partial charge in [0, 0.05) is 9.79 Å². The highest BCUT2D eigenvalue weighted by Gasteiger charge is 2.01. The molecule has 0 atom stereocenters. The standard InChI is InChI=1S/C13H13NO2S/c1-16-9-2-4-10(5-3-9)17-11-6-7-13(15)12(14)8-11/h2-8,15H,14H2,1H3. The first-order valence-electron chi connectivity index (χ1n) is 5.09. The van der Waals surface area contributed by atoms with Crippen LogP contribution in [0.4, 0.5) is 5.69 Å². The Balaban J connectivity index is 2.16. The Labute approximate surface area is 104 Å². The number of nitrogen functional groups attached to an aromatic ring is 1. The van der Waals surface area contributed by atoms with Crippen LogP contribution < -0.4 is 10.5 Å². The SMILES string of the molecule is COc1ccc(Sc2ccc(O)c(N)c2)cc1. The maximum absolute atomic E-state index is 9.33. The minimum absolute atomic E-state index is 0.115. The van der Waals surface area contributed by atoms with E-state index in [4.69, 9.17) is 10.5 Å². The highest BCUT2D eigenvalue weighted by molar-refractivity contribution is 7.99. The second kappa shape index (κ2) is 5.01. The van der Waals surface area contributed by atoms with Gasteiger partial charge < -0.3 is 15.6 Å². The molecular formula is C13H13NO2S. The minimum atomic E-state index is 0.115. The molecule has 0 aliphatic heterocycles. The number of benzene rings is 2. The summed E-state index contributed by atoms with van der Waals surface area (Å²) in [5, 5.41) is 9.33. The molecule has 0 radical (unpaired) electrons. The van der Waals surface area contributed by atoms with Gasteiger partial charge in [0.1, 0.15) is 11.5 Å². The molecule has 0 amide bonds. The highest BCUT2D eigenvalue weighted by Crippen LogP contribution is 2.32. The summed E-state index contributed by atoms with van der Waals surface area (Å²) in [5.74, 6) is 0.948. The topological polar surface area (TPSA) is 55.5 Å². The van der Waals surface area contributed by atoms with E-state index in [1.54, 1.807) is 31.0 Å². The number of hydrogen-bond acceptors (Lipinski definition) is 4. The molecule has 0 aliphatic rings. The molecule has 2 aromatic rings. The van der Waals surface area contributed by atoms with Gasteiger partial charge in [0.05, 0.1) is 12.8 Å². The number of nitrogens with two attached hydrogens (primary N) is 1. The lowest BCUT2D eigenvalue weighted by molar-refractivity contribution is 0.414. The third-order valence-corrected chi connectivity index (χ3v) is 3.29. The van der Waals surface area contributed by atoms with Crippen LogP contribution in [0, 0.1) is 0 Å². The molecule has 0 bridgehead atoms. The Morgan fingerprint density at radius 3 is 2.29 bits per heavy atom. The molecule has 0 aliphatic carbocycles. The van der Waals surface area contributed by atoms with Gasteiger partial charge >= 0.3 is 0 Å². The van der Waals surface area contributed by atoms with Gasteiger partial charge in [0.2, 0.25) is 0 Å². The van der Waals surface area contributed by atoms with Crippen molar-refractivity contribution in [2.75, 3.05) is 12.8 Å². The normalized spacial score (nSPS) is 10.2. The molecular weight excluding hydrogens is 234 g/mol. The molecule has 0 heterocycles. The van der Waals surface area contributed by atoms with Crippen molar-refractivity contribution in [2.24, 2.45) is 0 Å². The number of aromatic hydroxyl groups is 1. The first kappa shape index (κ1) is 11.7. The van der Waals surface area contributed by atoms with E-state index >= 15 is 0 Å². The summed E-state index contributed by atoms with van der Waals surface area (Å²) in [6, 6.07) is 13.0. The molecule has 0 aromatic heterocycles. The van der Waals surface area contributed by atoms with E-state index < -0.39 is 0 Å². The van der Waals surface area contributed by atoms with E-state index in [-0.39, 0.29) is 5.75 Å². The van der Waals surface area contributed by atoms with Crippen LogP contribution in [0.3, 0.4) is 0 Å². The van der Waals surface area contributed by atoms with Crippen LogP contribution in [0.2, 0.25) is 0 Å². The van der Waals surface area contributed by atoms with Gasteiger partial charge in [-0.2, -0.15) is 0 Å². The van der Waals surface area contributed by atoms with Crippen molar-refractivity contribution in [2.45, 2.75) is 9.79 Å². The molecule has 4 heteroatoms. The number of phenolic OH excluding ortho intramolecular Hbond substituents is 1. The van der Waals surface area contributed by atoms with Crippen molar-refractivity contribution in [1.82, 2.24) is 0 Å². The molecule has 2 aromatic carbocycles. The fourth-order valence-electron chi connectivity index (χ4n) is 1.38. The smallest absolute Gasteiger partial charge is 0.138 e. The molecule has 88 valence electrons. The summed E-state index contributed by atoms with van der Waals surface area (Å²) in [6.45, 7) is 0. The maximum atomic E-state index is 9.33. The van der Waals surface area contributed by atoms with Crippen LogP contribution in [0.15, 0.2) is 52.3 Å². The van der Waals surface area contributed by atoms with E-state index in [9.17, 15) is 5.11 Å². The van der Waals surface area contributed by atoms with E-state index in [2.05, 4.69) is 0 Å². The summed E-state index contributed by atoms with van der Waals surface area (Å²) >= 11 is 1.58. The number of anilines is 1. The Morgan fingerprint density at radius 2 is 1.71 bits per heavy atom. The van der Waals surface area contributed by atoms with Gasteiger partial charge in [-0.05, 0) is 42.5 Å². The van der Waals surface area contributed by atoms with Crippen molar-refractivity contribution < 1.29 is 9.84 Å². The predicted molar refractivity (Wildman–Crippen MR) is 69.6 cm³/mol. The minimum Gasteiger partial charge on any atom is -0.506 e. The average Bonchev–Trinajstić information content (AvgIpc) is 2.35. The molecule has 0 unspecified atom stereocenters. The van der Waals surface area contributed by atoms with Gasteiger partial charge in [0.25, 0.3) is 0 Å². The lowest BCUT2D eigenvalue weighted by atomic mass is 10.3. The van der Waals surface area contributed by atoms with Crippen molar-refractivity contribution in [3.05, 3.63) is 42.5 Å². The Bertz CT molecular complexity index is 511. The van der Waals surface area contributed by atoms with Crippen molar-refractivity contribution in [1.29, 1.82) is 0 Å². The molecule has 2 rings (SSSR count). The molecule has 0 saturated heterocycles. The van der Waals surface area contributed by atoms with Gasteiger partial charge in [0.15, 0.2) is 0 Å². The number of phenols is 1. The predicted octanol–water partition coefficient (Wildman–Crippen LogP) is 3.13. The molecule has 3 nitrogen and oxygen atoms in total. The largest absolute Gasteiger partial charge is 0.506 e. The monoisotopic (exact) mass is 247 g/mol. The maximum Gasteiger partial charge on any atom is 0.138 e. The summed E-state index contributed by atoms with van der Waals surface area (Å²) in [7, 11) is 1.64. The zero-order chi connectivity index (χ0) is 12.3. The Kier molecular flexibility index (Phi) is 3.44. The van der Waals surface area contributed by atoms with Crippen LogP contribution in [-0.2, 0) is 0 Å². The van der Waals surface area contributed by atoms with Crippen molar-refractivity contribution in [3.63, 3.8) is 0 Å². The fourth-order valence-corrected chi connectivity index (χ4v) is 2.24. The van der Waals surface area contributed by atoms with Gasteiger partial charge in [-0.3, -0.25) is 0 Å². The van der Waals surface area contributed by atoms with Crippen molar-refractivity contribution >= 4 is 17.4 Å². The number of rotatable bonds is 3. The zero-order valence-corrected chi connectivity index (χ0v) is 10.2. The summed E-state index contributed by atoms with van der Waals surface area (Å²) < 4.78 is 5.09. The first-order chi connectivity index (χ1) is 8.19. The van der Waals surface area contributed by atoms with Crippen LogP contribution >= 0.6 is 11.8 Å². The lowest BCUT2D eigenvalue weighted by Crippen LogP contribution is -1.85. The van der Waals surface area contributed by atoms with Gasteiger partial charge in [-0.1, -0.05) is 11.8 Å². The fraction of sp³-hybridized carbons (Fsp3) is 0.0769. The van der Waals surface area contributed by atoms with Crippen LogP contribution in [0.5, 0.6) is 11.5 Å². The first-order valence-corrected chi connectivity index (χ1v) is 5.91. The van der Waals surface area contributed by atoms with E-state index in [0.29, 0.717) is 5.69 Å². The molecule has 0 spiro atoms. The van der Waals surface area contributed by atoms with Gasteiger partial charge in [-0.25, -0.2) is 0 Å². The van der Waals surface area contributed by atoms with Gasteiger partial charge in [-0.15, -0.1) is 0 Å². The summed E-state index contributed by atoms with van der Waals surface area (Å²) in [6.07, 6.45) is 0. The van der Waals surface area contributed by atoms with Crippen LogP contribution in [0.25, 0.3) is 0 Å². The van der Waals surface area contributed by atoms with Crippen LogP contribution in [-0.4, -0.2) is 12.2 Å². The Morgan fingerprint density at radius 1 is 1.06 bits per heavy atom. The quantitative estimate of drug-likeness (QED) is 0.646. The van der Waals surface area contributed by atoms with E-state index in [1.807, 2.05) is 30.3 Å². The summed E-state index contributed by atoms with van der Waals surface area (Å²) in [5.41, 5.74) is 6.03. The summed E-state index contributed by atoms with van der Waals surface area (Å²) in [4.78, 5) is 2.08. The molecule has 0 fully saturated rings. The second-order valence-electron chi connectivity index (χ2n) is 3.50. The van der Waals surface area contributed by atoms with E-state index in [1.165, 1.54) is 0 Å². The third kappa shape index (κ3) is 2.85. The zero-order valence-electron chi connectivity index (χ0n) is 9.38. The van der Waals surface area contributed by atoms with Crippen LogP contribution in [0.1, 0.15) is 0 Å². The molecule has 17 heavy (non-hydrogen) atoms. The number of hydrogen-bond donors (Lipinski definition) is 2. The number of methoxy groups -OCH3 is 1.